The van der Waals surface area contributed by atoms with Gasteiger partial charge in [-0.2, -0.15) is 0 Å². The van der Waals surface area contributed by atoms with Gasteiger partial charge in [-0.3, -0.25) is 4.79 Å². The first-order valence-electron chi connectivity index (χ1n) is 7.59. The van der Waals surface area contributed by atoms with Crippen molar-refractivity contribution in [1.29, 1.82) is 0 Å². The largest absolute Gasteiger partial charge is 0.494 e. The molecule has 0 unspecified atom stereocenters. The monoisotopic (exact) mass is 318 g/mol. The van der Waals surface area contributed by atoms with E-state index in [1.54, 1.807) is 25.3 Å². The van der Waals surface area contributed by atoms with Crippen LogP contribution in [0.15, 0.2) is 72.8 Å². The lowest BCUT2D eigenvalue weighted by Gasteiger charge is -2.17. The fourth-order valence-electron chi connectivity index (χ4n) is 2.56. The molecule has 3 aromatic rings. The maximum absolute atomic E-state index is 12.5. The second-order valence-electron chi connectivity index (χ2n) is 5.30. The molecule has 0 aliphatic heterocycles. The number of benzene rings is 3. The second-order valence-corrected chi connectivity index (χ2v) is 5.30. The summed E-state index contributed by atoms with van der Waals surface area (Å²) in [5.74, 6) is 0.316. The summed E-state index contributed by atoms with van der Waals surface area (Å²) in [5.41, 5.74) is 9.43. The Morgan fingerprint density at radius 2 is 1.54 bits per heavy atom. The highest BCUT2D eigenvalue weighted by molar-refractivity contribution is 6.07. The van der Waals surface area contributed by atoms with E-state index in [0.717, 1.165) is 11.1 Å². The number of anilines is 2. The quantitative estimate of drug-likeness (QED) is 0.709. The van der Waals surface area contributed by atoms with Crippen molar-refractivity contribution in [2.45, 2.75) is 0 Å². The normalized spacial score (nSPS) is 10.2. The van der Waals surface area contributed by atoms with Crippen LogP contribution in [0.5, 0.6) is 5.75 Å². The molecule has 0 saturated heterocycles. The summed E-state index contributed by atoms with van der Waals surface area (Å²) < 4.78 is 5.55. The van der Waals surface area contributed by atoms with Crippen molar-refractivity contribution in [2.24, 2.45) is 0 Å². The van der Waals surface area contributed by atoms with Crippen molar-refractivity contribution >= 4 is 17.3 Å². The van der Waals surface area contributed by atoms with Crippen molar-refractivity contribution in [1.82, 2.24) is 0 Å². The van der Waals surface area contributed by atoms with Crippen LogP contribution in [0.1, 0.15) is 10.4 Å². The highest BCUT2D eigenvalue weighted by Crippen LogP contribution is 2.40. The maximum Gasteiger partial charge on any atom is 0.255 e. The Balaban J connectivity index is 2.03. The SMILES string of the molecule is COc1c(-c2ccccc2)ccc(N)c1NC(=O)c1ccccc1. The number of rotatable bonds is 4. The third-order valence-electron chi connectivity index (χ3n) is 3.75. The number of hydrogen-bond acceptors (Lipinski definition) is 3. The third kappa shape index (κ3) is 3.08. The topological polar surface area (TPSA) is 64.3 Å². The minimum Gasteiger partial charge on any atom is -0.494 e. The lowest BCUT2D eigenvalue weighted by Crippen LogP contribution is -2.14. The van der Waals surface area contributed by atoms with E-state index in [4.69, 9.17) is 10.5 Å². The number of hydrogen-bond donors (Lipinski definition) is 2. The van der Waals surface area contributed by atoms with Crippen molar-refractivity contribution < 1.29 is 9.53 Å². The van der Waals surface area contributed by atoms with Crippen LogP contribution >= 0.6 is 0 Å². The standard InChI is InChI=1S/C20H18N2O2/c1-24-19-16(14-8-4-2-5-9-14)12-13-17(21)18(19)22-20(23)15-10-6-3-7-11-15/h2-13H,21H2,1H3,(H,22,23). The maximum atomic E-state index is 12.5. The molecule has 0 aromatic heterocycles. The Morgan fingerprint density at radius 3 is 2.17 bits per heavy atom. The van der Waals surface area contributed by atoms with Crippen LogP contribution in [0.3, 0.4) is 0 Å². The molecule has 0 heterocycles. The average molecular weight is 318 g/mol. The van der Waals surface area contributed by atoms with E-state index in [9.17, 15) is 4.79 Å². The van der Waals surface area contributed by atoms with Crippen LogP contribution in [-0.4, -0.2) is 13.0 Å². The lowest BCUT2D eigenvalue weighted by atomic mass is 10.0. The molecule has 0 saturated carbocycles. The van der Waals surface area contributed by atoms with Gasteiger partial charge in [-0.25, -0.2) is 0 Å². The highest BCUT2D eigenvalue weighted by Gasteiger charge is 2.17. The van der Waals surface area contributed by atoms with Gasteiger partial charge in [0.05, 0.1) is 12.8 Å². The van der Waals surface area contributed by atoms with Gasteiger partial charge >= 0.3 is 0 Å². The van der Waals surface area contributed by atoms with E-state index in [-0.39, 0.29) is 5.91 Å². The molecular formula is C20H18N2O2. The fraction of sp³-hybridized carbons (Fsp3) is 0.0500. The third-order valence-corrected chi connectivity index (χ3v) is 3.75. The Kier molecular flexibility index (Phi) is 4.47. The van der Waals surface area contributed by atoms with Gasteiger partial charge in [0.15, 0.2) is 5.75 Å². The van der Waals surface area contributed by atoms with E-state index in [0.29, 0.717) is 22.7 Å². The van der Waals surface area contributed by atoms with Gasteiger partial charge in [0.25, 0.3) is 5.91 Å². The summed E-state index contributed by atoms with van der Waals surface area (Å²) >= 11 is 0. The van der Waals surface area contributed by atoms with E-state index < -0.39 is 0 Å². The smallest absolute Gasteiger partial charge is 0.255 e. The number of nitrogens with one attached hydrogen (secondary N) is 1. The van der Waals surface area contributed by atoms with Gasteiger partial charge in [0, 0.05) is 11.1 Å². The summed E-state index contributed by atoms with van der Waals surface area (Å²) in [5, 5.41) is 2.87. The molecule has 0 aliphatic rings. The van der Waals surface area contributed by atoms with Crippen molar-refractivity contribution in [2.75, 3.05) is 18.2 Å². The molecule has 0 aliphatic carbocycles. The number of methoxy groups -OCH3 is 1. The van der Waals surface area contributed by atoms with Crippen molar-refractivity contribution in [3.8, 4) is 16.9 Å². The van der Waals surface area contributed by atoms with Crippen LogP contribution < -0.4 is 15.8 Å². The van der Waals surface area contributed by atoms with Crippen molar-refractivity contribution in [3.63, 3.8) is 0 Å². The highest BCUT2D eigenvalue weighted by atomic mass is 16.5. The summed E-state index contributed by atoms with van der Waals surface area (Å²) in [7, 11) is 1.57. The summed E-state index contributed by atoms with van der Waals surface area (Å²) in [6.45, 7) is 0. The molecule has 0 bridgehead atoms. The molecule has 0 fully saturated rings. The van der Waals surface area contributed by atoms with Gasteiger partial charge in [-0.15, -0.1) is 0 Å². The van der Waals surface area contributed by atoms with Crippen LogP contribution in [0.2, 0.25) is 0 Å². The Labute approximate surface area is 140 Å². The molecule has 0 atom stereocenters. The van der Waals surface area contributed by atoms with Crippen LogP contribution in [0.25, 0.3) is 11.1 Å². The van der Waals surface area contributed by atoms with E-state index >= 15 is 0 Å². The number of carbonyl (C=O) groups is 1. The summed E-state index contributed by atoms with van der Waals surface area (Å²) in [6.07, 6.45) is 0. The van der Waals surface area contributed by atoms with E-state index in [1.165, 1.54) is 0 Å². The van der Waals surface area contributed by atoms with Gasteiger partial charge in [0.1, 0.15) is 5.69 Å². The van der Waals surface area contributed by atoms with Crippen molar-refractivity contribution in [3.05, 3.63) is 78.4 Å². The zero-order valence-corrected chi connectivity index (χ0v) is 13.3. The molecule has 3 rings (SSSR count). The zero-order chi connectivity index (χ0) is 16.9. The number of nitrogen functional groups attached to an aromatic ring is 1. The predicted molar refractivity (Wildman–Crippen MR) is 97.2 cm³/mol. The predicted octanol–water partition coefficient (Wildman–Crippen LogP) is 4.20. The molecule has 120 valence electrons. The summed E-state index contributed by atoms with van der Waals surface area (Å²) in [4.78, 5) is 12.5. The number of nitrogens with two attached hydrogens (primary N) is 1. The van der Waals surface area contributed by atoms with E-state index in [1.807, 2.05) is 54.6 Å². The van der Waals surface area contributed by atoms with Gasteiger partial charge < -0.3 is 15.8 Å². The summed E-state index contributed by atoms with van der Waals surface area (Å²) in [6, 6.07) is 22.5. The van der Waals surface area contributed by atoms with Gasteiger partial charge in [-0.1, -0.05) is 48.5 Å². The second kappa shape index (κ2) is 6.87. The number of carbonyl (C=O) groups excluding carboxylic acids is 1. The van der Waals surface area contributed by atoms with Crippen LogP contribution in [0.4, 0.5) is 11.4 Å². The minimum absolute atomic E-state index is 0.231. The fourth-order valence-corrected chi connectivity index (χ4v) is 2.56. The molecule has 3 aromatic carbocycles. The molecule has 3 N–H and O–H groups in total. The molecule has 4 nitrogen and oxygen atoms in total. The Bertz CT molecular complexity index is 846. The Hall–Kier alpha value is -3.27. The number of ether oxygens (including phenoxy) is 1. The lowest BCUT2D eigenvalue weighted by molar-refractivity contribution is 0.102. The number of amides is 1. The molecule has 4 heteroatoms. The molecule has 24 heavy (non-hydrogen) atoms. The van der Waals surface area contributed by atoms with Crippen LogP contribution in [-0.2, 0) is 0 Å². The van der Waals surface area contributed by atoms with E-state index in [2.05, 4.69) is 5.32 Å². The Morgan fingerprint density at radius 1 is 0.917 bits per heavy atom. The minimum atomic E-state index is -0.231. The first kappa shape index (κ1) is 15.6. The average Bonchev–Trinajstić information content (AvgIpc) is 2.64. The van der Waals surface area contributed by atoms with Crippen LogP contribution in [0, 0.1) is 0 Å². The first-order valence-corrected chi connectivity index (χ1v) is 7.59. The molecular weight excluding hydrogens is 300 g/mol. The van der Waals surface area contributed by atoms with Gasteiger partial charge in [-0.05, 0) is 29.8 Å². The molecule has 1 amide bonds. The molecule has 0 spiro atoms. The zero-order valence-electron chi connectivity index (χ0n) is 13.3. The molecule has 0 radical (unpaired) electrons. The first-order chi connectivity index (χ1) is 11.7. The van der Waals surface area contributed by atoms with Gasteiger partial charge in [0.2, 0.25) is 0 Å².